The first-order valence-corrected chi connectivity index (χ1v) is 9.06. The van der Waals surface area contributed by atoms with Crippen LogP contribution in [-0.4, -0.2) is 22.9 Å². The fourth-order valence-electron chi connectivity index (χ4n) is 3.14. The molecule has 0 aliphatic carbocycles. The Bertz CT molecular complexity index is 980. The van der Waals surface area contributed by atoms with E-state index in [1.165, 1.54) is 6.20 Å². The van der Waals surface area contributed by atoms with Crippen molar-refractivity contribution in [3.8, 4) is 5.88 Å². The number of hydrogen-bond donors (Lipinski definition) is 0. The van der Waals surface area contributed by atoms with Crippen LogP contribution in [0, 0.1) is 12.7 Å². The molecule has 2 aromatic heterocycles. The Morgan fingerprint density at radius 2 is 1.71 bits per heavy atom. The predicted molar refractivity (Wildman–Crippen MR) is 106 cm³/mol. The van der Waals surface area contributed by atoms with Crippen LogP contribution in [0.15, 0.2) is 55.0 Å². The molecule has 0 fully saturated rings. The van der Waals surface area contributed by atoms with E-state index < -0.39 is 5.82 Å². The molecule has 144 valence electrons. The third-order valence-corrected chi connectivity index (χ3v) is 5.16. The average Bonchev–Trinajstić information content (AvgIpc) is 2.70. The van der Waals surface area contributed by atoms with Gasteiger partial charge in [0.15, 0.2) is 5.78 Å². The molecule has 0 amide bonds. The lowest BCUT2D eigenvalue weighted by Gasteiger charge is -2.26. The molecule has 5 heteroatoms. The summed E-state index contributed by atoms with van der Waals surface area (Å²) in [6.45, 7) is 5.84. The van der Waals surface area contributed by atoms with Gasteiger partial charge in [0.05, 0.1) is 13.3 Å². The van der Waals surface area contributed by atoms with E-state index in [1.807, 2.05) is 42.6 Å². The molecule has 0 saturated heterocycles. The number of halogens is 1. The third-order valence-electron chi connectivity index (χ3n) is 5.16. The molecular weight excluding hydrogens is 355 g/mol. The van der Waals surface area contributed by atoms with Crippen molar-refractivity contribution in [2.75, 3.05) is 7.11 Å². The normalized spacial score (nSPS) is 11.3. The number of aromatic nitrogens is 2. The van der Waals surface area contributed by atoms with Crippen molar-refractivity contribution >= 4 is 5.78 Å². The van der Waals surface area contributed by atoms with Gasteiger partial charge in [0, 0.05) is 35.9 Å². The van der Waals surface area contributed by atoms with Gasteiger partial charge in [0.2, 0.25) is 5.88 Å². The molecule has 0 atom stereocenters. The van der Waals surface area contributed by atoms with Crippen LogP contribution in [0.2, 0.25) is 0 Å². The Balaban J connectivity index is 1.78. The maximum Gasteiger partial charge on any atom is 0.212 e. The first kappa shape index (κ1) is 19.7. The molecule has 0 aliphatic heterocycles. The monoisotopic (exact) mass is 378 g/mol. The summed E-state index contributed by atoms with van der Waals surface area (Å²) in [5, 5.41) is 0. The van der Waals surface area contributed by atoms with Gasteiger partial charge >= 0.3 is 0 Å². The number of ether oxygens (including phenoxy) is 1. The van der Waals surface area contributed by atoms with Crippen molar-refractivity contribution in [1.29, 1.82) is 0 Å². The quantitative estimate of drug-likeness (QED) is 0.584. The Morgan fingerprint density at radius 1 is 1.04 bits per heavy atom. The van der Waals surface area contributed by atoms with Crippen molar-refractivity contribution in [2.24, 2.45) is 0 Å². The molecular formula is C23H23FN2O2. The van der Waals surface area contributed by atoms with E-state index in [0.717, 1.165) is 22.9 Å². The van der Waals surface area contributed by atoms with Gasteiger partial charge in [0.1, 0.15) is 5.82 Å². The molecule has 0 unspecified atom stereocenters. The zero-order valence-electron chi connectivity index (χ0n) is 16.5. The van der Waals surface area contributed by atoms with Crippen molar-refractivity contribution in [3.63, 3.8) is 0 Å². The molecule has 0 saturated carbocycles. The minimum absolute atomic E-state index is 0.143. The molecule has 0 N–H and O–H groups in total. The SMILES string of the molecule is COc1ccc(C(C)(C)c2ccc(CC(=O)c3cncc(F)c3C)cc2)cn1. The van der Waals surface area contributed by atoms with Gasteiger partial charge in [-0.3, -0.25) is 9.78 Å². The number of ketones is 1. The maximum absolute atomic E-state index is 13.6. The minimum Gasteiger partial charge on any atom is -0.481 e. The van der Waals surface area contributed by atoms with E-state index in [9.17, 15) is 9.18 Å². The fraction of sp³-hybridized carbons (Fsp3) is 0.261. The summed E-state index contributed by atoms with van der Waals surface area (Å²) >= 11 is 0. The van der Waals surface area contributed by atoms with E-state index in [4.69, 9.17) is 4.74 Å². The molecule has 1 aromatic carbocycles. The zero-order chi connectivity index (χ0) is 20.3. The summed E-state index contributed by atoms with van der Waals surface area (Å²) in [7, 11) is 1.59. The Labute approximate surface area is 164 Å². The lowest BCUT2D eigenvalue weighted by atomic mass is 9.78. The molecule has 3 aromatic rings. The lowest BCUT2D eigenvalue weighted by molar-refractivity contribution is 0.0991. The van der Waals surface area contributed by atoms with E-state index in [0.29, 0.717) is 17.0 Å². The van der Waals surface area contributed by atoms with Crippen molar-refractivity contribution in [1.82, 2.24) is 9.97 Å². The highest BCUT2D eigenvalue weighted by Crippen LogP contribution is 2.32. The van der Waals surface area contributed by atoms with E-state index >= 15 is 0 Å². The average molecular weight is 378 g/mol. The topological polar surface area (TPSA) is 52.1 Å². The van der Waals surface area contributed by atoms with Crippen LogP contribution in [0.25, 0.3) is 0 Å². The number of rotatable bonds is 6. The van der Waals surface area contributed by atoms with Gasteiger partial charge < -0.3 is 4.74 Å². The lowest BCUT2D eigenvalue weighted by Crippen LogP contribution is -2.19. The van der Waals surface area contributed by atoms with Crippen LogP contribution >= 0.6 is 0 Å². The van der Waals surface area contributed by atoms with Crippen molar-refractivity contribution in [3.05, 3.63) is 88.6 Å². The third kappa shape index (κ3) is 3.93. The first-order chi connectivity index (χ1) is 13.3. The smallest absolute Gasteiger partial charge is 0.212 e. The Morgan fingerprint density at radius 3 is 2.32 bits per heavy atom. The van der Waals surface area contributed by atoms with Crippen LogP contribution in [0.5, 0.6) is 5.88 Å². The van der Waals surface area contributed by atoms with Gasteiger partial charge in [-0.05, 0) is 29.2 Å². The number of methoxy groups -OCH3 is 1. The summed E-state index contributed by atoms with van der Waals surface area (Å²) < 4.78 is 18.8. The summed E-state index contributed by atoms with van der Waals surface area (Å²) in [5.41, 5.74) is 3.47. The second kappa shape index (κ2) is 7.89. The molecule has 3 rings (SSSR count). The highest BCUT2D eigenvalue weighted by atomic mass is 19.1. The molecule has 28 heavy (non-hydrogen) atoms. The maximum atomic E-state index is 13.6. The van der Waals surface area contributed by atoms with Gasteiger partial charge in [-0.1, -0.05) is 44.2 Å². The molecule has 0 aliphatic rings. The standard InChI is InChI=1S/C23H23FN2O2/c1-15-19(13-25-14-20(15)24)21(27)11-16-5-7-17(8-6-16)23(2,3)18-9-10-22(28-4)26-12-18/h5-10,12-14H,11H2,1-4H3. The van der Waals surface area contributed by atoms with Crippen molar-refractivity contribution < 1.29 is 13.9 Å². The summed E-state index contributed by atoms with van der Waals surface area (Å²) in [6, 6.07) is 11.8. The van der Waals surface area contributed by atoms with Crippen LogP contribution in [-0.2, 0) is 11.8 Å². The van der Waals surface area contributed by atoms with Crippen molar-refractivity contribution in [2.45, 2.75) is 32.6 Å². The minimum atomic E-state index is -0.462. The van der Waals surface area contributed by atoms with E-state index in [1.54, 1.807) is 14.0 Å². The highest BCUT2D eigenvalue weighted by molar-refractivity contribution is 5.98. The number of nitrogens with zero attached hydrogens (tertiary/aromatic N) is 2. The molecule has 0 radical (unpaired) electrons. The van der Waals surface area contributed by atoms with Gasteiger partial charge in [-0.2, -0.15) is 0 Å². The number of hydrogen-bond acceptors (Lipinski definition) is 4. The second-order valence-electron chi connectivity index (χ2n) is 7.30. The van der Waals surface area contributed by atoms with Crippen LogP contribution < -0.4 is 4.74 Å². The number of pyridine rings is 2. The largest absolute Gasteiger partial charge is 0.481 e. The Kier molecular flexibility index (Phi) is 5.54. The van der Waals surface area contributed by atoms with Gasteiger partial charge in [-0.25, -0.2) is 9.37 Å². The van der Waals surface area contributed by atoms with Gasteiger partial charge in [0.25, 0.3) is 0 Å². The molecule has 4 nitrogen and oxygen atoms in total. The summed E-state index contributed by atoms with van der Waals surface area (Å²) in [5.74, 6) is -0.0255. The van der Waals surface area contributed by atoms with E-state index in [-0.39, 0.29) is 17.6 Å². The highest BCUT2D eigenvalue weighted by Gasteiger charge is 2.23. The fourth-order valence-corrected chi connectivity index (χ4v) is 3.14. The second-order valence-corrected chi connectivity index (χ2v) is 7.30. The number of carbonyl (C=O) groups is 1. The van der Waals surface area contributed by atoms with Gasteiger partial charge in [-0.15, -0.1) is 0 Å². The van der Waals surface area contributed by atoms with Crippen LogP contribution in [0.3, 0.4) is 0 Å². The molecule has 2 heterocycles. The number of Topliss-reactive ketones (excluding diaryl/α,β-unsaturated/α-hetero) is 1. The molecule has 0 spiro atoms. The summed E-state index contributed by atoms with van der Waals surface area (Å²) in [4.78, 5) is 20.6. The van der Waals surface area contributed by atoms with E-state index in [2.05, 4.69) is 23.8 Å². The number of benzene rings is 1. The molecule has 0 bridgehead atoms. The first-order valence-electron chi connectivity index (χ1n) is 9.06. The Hall–Kier alpha value is -3.08. The van der Waals surface area contributed by atoms with Crippen LogP contribution in [0.1, 0.15) is 46.5 Å². The van der Waals surface area contributed by atoms with Crippen LogP contribution in [0.4, 0.5) is 4.39 Å². The zero-order valence-corrected chi connectivity index (χ0v) is 16.5. The number of carbonyl (C=O) groups excluding carboxylic acids is 1. The predicted octanol–water partition coefficient (Wildman–Crippen LogP) is 4.68. The summed E-state index contributed by atoms with van der Waals surface area (Å²) in [6.07, 6.45) is 4.57.